The van der Waals surface area contributed by atoms with Gasteiger partial charge >= 0.3 is 0 Å². The van der Waals surface area contributed by atoms with E-state index in [1.807, 2.05) is 18.2 Å². The second kappa shape index (κ2) is 6.83. The normalized spacial score (nSPS) is 11.9. The zero-order valence-corrected chi connectivity index (χ0v) is 13.7. The number of hydrogen-bond donors (Lipinski definition) is 1. The SMILES string of the molecule is COc1ccc(OC)c(C(O)c2ccc(Br)cc2OC)c1. The predicted octanol–water partition coefficient (Wildman–Crippen LogP) is 3.56. The Morgan fingerprint density at radius 3 is 2.19 bits per heavy atom. The van der Waals surface area contributed by atoms with Crippen LogP contribution in [0.5, 0.6) is 17.2 Å². The van der Waals surface area contributed by atoms with Crippen LogP contribution < -0.4 is 14.2 Å². The van der Waals surface area contributed by atoms with Crippen LogP contribution in [0.3, 0.4) is 0 Å². The standard InChI is InChI=1S/C16H17BrO4/c1-19-11-5-7-14(20-2)13(9-11)16(18)12-6-4-10(17)8-15(12)21-3/h4-9,16,18H,1-3H3. The first kappa shape index (κ1) is 15.7. The van der Waals surface area contributed by atoms with E-state index in [-0.39, 0.29) is 0 Å². The average molecular weight is 353 g/mol. The molecule has 0 aliphatic rings. The summed E-state index contributed by atoms with van der Waals surface area (Å²) < 4.78 is 16.7. The molecule has 5 heteroatoms. The zero-order valence-electron chi connectivity index (χ0n) is 12.1. The van der Waals surface area contributed by atoms with Gasteiger partial charge < -0.3 is 19.3 Å². The highest BCUT2D eigenvalue weighted by Gasteiger charge is 2.20. The monoisotopic (exact) mass is 352 g/mol. The third kappa shape index (κ3) is 3.31. The van der Waals surface area contributed by atoms with Gasteiger partial charge in [0.1, 0.15) is 23.4 Å². The average Bonchev–Trinajstić information content (AvgIpc) is 2.53. The van der Waals surface area contributed by atoms with Crippen molar-refractivity contribution in [2.24, 2.45) is 0 Å². The van der Waals surface area contributed by atoms with Gasteiger partial charge in [-0.25, -0.2) is 0 Å². The summed E-state index contributed by atoms with van der Waals surface area (Å²) in [4.78, 5) is 0. The number of rotatable bonds is 5. The van der Waals surface area contributed by atoms with E-state index in [0.29, 0.717) is 28.4 Å². The maximum Gasteiger partial charge on any atom is 0.126 e. The van der Waals surface area contributed by atoms with Crippen LogP contribution in [-0.2, 0) is 0 Å². The van der Waals surface area contributed by atoms with Crippen molar-refractivity contribution in [3.8, 4) is 17.2 Å². The largest absolute Gasteiger partial charge is 0.497 e. The summed E-state index contributed by atoms with van der Waals surface area (Å²) in [5, 5.41) is 10.7. The van der Waals surface area contributed by atoms with Crippen LogP contribution in [-0.4, -0.2) is 26.4 Å². The summed E-state index contributed by atoms with van der Waals surface area (Å²) >= 11 is 3.39. The Labute approximate surface area is 132 Å². The molecule has 0 amide bonds. The maximum atomic E-state index is 10.7. The Morgan fingerprint density at radius 1 is 0.857 bits per heavy atom. The van der Waals surface area contributed by atoms with E-state index in [1.165, 1.54) is 0 Å². The molecule has 0 aliphatic heterocycles. The molecular formula is C16H17BrO4. The van der Waals surface area contributed by atoms with Gasteiger partial charge in [0.25, 0.3) is 0 Å². The van der Waals surface area contributed by atoms with Crippen molar-refractivity contribution < 1.29 is 19.3 Å². The van der Waals surface area contributed by atoms with Crippen molar-refractivity contribution in [3.05, 3.63) is 52.0 Å². The van der Waals surface area contributed by atoms with Crippen LogP contribution in [0.2, 0.25) is 0 Å². The van der Waals surface area contributed by atoms with Gasteiger partial charge in [-0.05, 0) is 30.3 Å². The highest BCUT2D eigenvalue weighted by Crippen LogP contribution is 2.37. The molecule has 2 rings (SSSR count). The fourth-order valence-electron chi connectivity index (χ4n) is 2.13. The van der Waals surface area contributed by atoms with Gasteiger partial charge in [0.05, 0.1) is 21.3 Å². The smallest absolute Gasteiger partial charge is 0.126 e. The van der Waals surface area contributed by atoms with Gasteiger partial charge in [0, 0.05) is 15.6 Å². The highest BCUT2D eigenvalue weighted by molar-refractivity contribution is 9.10. The third-order valence-corrected chi connectivity index (χ3v) is 3.71. The summed E-state index contributed by atoms with van der Waals surface area (Å²) in [5.74, 6) is 1.84. The number of benzene rings is 2. The summed E-state index contributed by atoms with van der Waals surface area (Å²) in [7, 11) is 4.72. The molecule has 0 fully saturated rings. The molecule has 1 unspecified atom stereocenters. The van der Waals surface area contributed by atoms with E-state index in [0.717, 1.165) is 4.47 Å². The first-order valence-electron chi connectivity index (χ1n) is 6.34. The Bertz CT molecular complexity index is 628. The summed E-state index contributed by atoms with van der Waals surface area (Å²) in [6.07, 6.45) is -0.877. The molecule has 0 saturated carbocycles. The van der Waals surface area contributed by atoms with Crippen molar-refractivity contribution >= 4 is 15.9 Å². The van der Waals surface area contributed by atoms with Crippen LogP contribution in [0.1, 0.15) is 17.2 Å². The van der Waals surface area contributed by atoms with Gasteiger partial charge in [-0.3, -0.25) is 0 Å². The molecule has 0 saturated heterocycles. The third-order valence-electron chi connectivity index (χ3n) is 3.22. The Balaban J connectivity index is 2.50. The van der Waals surface area contributed by atoms with Crippen LogP contribution in [0, 0.1) is 0 Å². The van der Waals surface area contributed by atoms with Crippen LogP contribution >= 0.6 is 15.9 Å². The number of methoxy groups -OCH3 is 3. The predicted molar refractivity (Wildman–Crippen MR) is 84.3 cm³/mol. The molecule has 0 heterocycles. The van der Waals surface area contributed by atoms with E-state index in [1.54, 1.807) is 39.5 Å². The quantitative estimate of drug-likeness (QED) is 0.893. The molecule has 112 valence electrons. The summed E-state index contributed by atoms with van der Waals surface area (Å²) in [6.45, 7) is 0. The van der Waals surface area contributed by atoms with Crippen molar-refractivity contribution in [3.63, 3.8) is 0 Å². The van der Waals surface area contributed by atoms with E-state index in [2.05, 4.69) is 15.9 Å². The van der Waals surface area contributed by atoms with Crippen molar-refractivity contribution in [2.45, 2.75) is 6.10 Å². The molecule has 0 spiro atoms. The Kier molecular flexibility index (Phi) is 5.09. The van der Waals surface area contributed by atoms with Crippen molar-refractivity contribution in [2.75, 3.05) is 21.3 Å². The number of halogens is 1. The first-order valence-corrected chi connectivity index (χ1v) is 7.13. The fourth-order valence-corrected chi connectivity index (χ4v) is 2.47. The molecule has 1 N–H and O–H groups in total. The number of hydrogen-bond acceptors (Lipinski definition) is 4. The number of aliphatic hydroxyl groups is 1. The molecular weight excluding hydrogens is 336 g/mol. The second-order valence-corrected chi connectivity index (χ2v) is 5.31. The minimum atomic E-state index is -0.877. The molecule has 0 aromatic heterocycles. The minimum Gasteiger partial charge on any atom is -0.497 e. The minimum absolute atomic E-state index is 0.591. The molecule has 2 aromatic carbocycles. The lowest BCUT2D eigenvalue weighted by Gasteiger charge is -2.18. The topological polar surface area (TPSA) is 47.9 Å². The highest BCUT2D eigenvalue weighted by atomic mass is 79.9. The molecule has 0 bridgehead atoms. The maximum absolute atomic E-state index is 10.7. The Hall–Kier alpha value is -1.72. The molecule has 21 heavy (non-hydrogen) atoms. The van der Waals surface area contributed by atoms with Crippen molar-refractivity contribution in [1.29, 1.82) is 0 Å². The van der Waals surface area contributed by atoms with Gasteiger partial charge in [0.15, 0.2) is 0 Å². The van der Waals surface area contributed by atoms with Gasteiger partial charge in [-0.15, -0.1) is 0 Å². The van der Waals surface area contributed by atoms with E-state index in [4.69, 9.17) is 14.2 Å². The molecule has 0 aliphatic carbocycles. The van der Waals surface area contributed by atoms with Gasteiger partial charge in [-0.1, -0.05) is 22.0 Å². The lowest BCUT2D eigenvalue weighted by Crippen LogP contribution is -2.05. The number of ether oxygens (including phenoxy) is 3. The van der Waals surface area contributed by atoms with Crippen molar-refractivity contribution in [1.82, 2.24) is 0 Å². The molecule has 2 aromatic rings. The van der Waals surface area contributed by atoms with Gasteiger partial charge in [0.2, 0.25) is 0 Å². The Morgan fingerprint density at radius 2 is 1.57 bits per heavy atom. The first-order chi connectivity index (χ1) is 10.1. The van der Waals surface area contributed by atoms with E-state index < -0.39 is 6.10 Å². The van der Waals surface area contributed by atoms with Crippen LogP contribution in [0.4, 0.5) is 0 Å². The summed E-state index contributed by atoms with van der Waals surface area (Å²) in [6, 6.07) is 10.8. The van der Waals surface area contributed by atoms with Gasteiger partial charge in [-0.2, -0.15) is 0 Å². The van der Waals surface area contributed by atoms with Crippen LogP contribution in [0.25, 0.3) is 0 Å². The summed E-state index contributed by atoms with van der Waals surface area (Å²) in [5.41, 5.74) is 1.28. The lowest BCUT2D eigenvalue weighted by atomic mass is 9.99. The lowest BCUT2D eigenvalue weighted by molar-refractivity contribution is 0.209. The van der Waals surface area contributed by atoms with E-state index >= 15 is 0 Å². The van der Waals surface area contributed by atoms with E-state index in [9.17, 15) is 5.11 Å². The molecule has 0 radical (unpaired) electrons. The molecule has 1 atom stereocenters. The fraction of sp³-hybridized carbons (Fsp3) is 0.250. The van der Waals surface area contributed by atoms with Crippen LogP contribution in [0.15, 0.2) is 40.9 Å². The molecule has 4 nitrogen and oxygen atoms in total. The number of aliphatic hydroxyl groups excluding tert-OH is 1. The zero-order chi connectivity index (χ0) is 15.4. The second-order valence-electron chi connectivity index (χ2n) is 4.40.